The van der Waals surface area contributed by atoms with Crippen LogP contribution in [0.3, 0.4) is 0 Å². The van der Waals surface area contributed by atoms with Gasteiger partial charge in [-0.25, -0.2) is 4.68 Å². The Kier molecular flexibility index (Phi) is 5.98. The van der Waals surface area contributed by atoms with Gasteiger partial charge >= 0.3 is 0 Å². The van der Waals surface area contributed by atoms with Gasteiger partial charge < -0.3 is 14.8 Å². The van der Waals surface area contributed by atoms with Crippen molar-refractivity contribution in [2.45, 2.75) is 45.6 Å². The van der Waals surface area contributed by atoms with Crippen LogP contribution in [-0.2, 0) is 17.6 Å². The van der Waals surface area contributed by atoms with Gasteiger partial charge in [0.1, 0.15) is 5.60 Å². The summed E-state index contributed by atoms with van der Waals surface area (Å²) in [5, 5.41) is 7.53. The molecular formula is C25H29N3O3. The smallest absolute Gasteiger partial charge is 0.257 e. The lowest BCUT2D eigenvalue weighted by atomic mass is 10.0. The molecule has 2 aromatic carbocycles. The van der Waals surface area contributed by atoms with Crippen LogP contribution in [0, 0.1) is 6.92 Å². The van der Waals surface area contributed by atoms with Crippen molar-refractivity contribution in [3.63, 3.8) is 0 Å². The minimum atomic E-state index is -0.240. The quantitative estimate of drug-likeness (QED) is 0.560. The molecule has 1 amide bonds. The Morgan fingerprint density at radius 1 is 1.19 bits per heavy atom. The van der Waals surface area contributed by atoms with Gasteiger partial charge in [0.15, 0.2) is 18.1 Å². The third-order valence-electron chi connectivity index (χ3n) is 5.38. The molecule has 1 N–H and O–H groups in total. The second-order valence-corrected chi connectivity index (χ2v) is 8.54. The third kappa shape index (κ3) is 5.08. The summed E-state index contributed by atoms with van der Waals surface area (Å²) >= 11 is 0. The zero-order chi connectivity index (χ0) is 21.8. The van der Waals surface area contributed by atoms with Crippen LogP contribution < -0.4 is 14.8 Å². The van der Waals surface area contributed by atoms with Gasteiger partial charge in [-0.2, -0.15) is 5.10 Å². The van der Waals surface area contributed by atoms with Crippen LogP contribution in [0.2, 0.25) is 0 Å². The monoisotopic (exact) mass is 419 g/mol. The average molecular weight is 420 g/mol. The molecule has 0 fully saturated rings. The van der Waals surface area contributed by atoms with Crippen molar-refractivity contribution in [2.24, 2.45) is 0 Å². The fourth-order valence-electron chi connectivity index (χ4n) is 3.86. The van der Waals surface area contributed by atoms with E-state index in [1.165, 1.54) is 5.56 Å². The van der Waals surface area contributed by atoms with Crippen LogP contribution in [0.5, 0.6) is 11.5 Å². The summed E-state index contributed by atoms with van der Waals surface area (Å²) in [6.07, 6.45) is 4.60. The van der Waals surface area contributed by atoms with Gasteiger partial charge in [-0.1, -0.05) is 30.3 Å². The van der Waals surface area contributed by atoms with Crippen molar-refractivity contribution >= 4 is 5.91 Å². The maximum atomic E-state index is 12.2. The summed E-state index contributed by atoms with van der Waals surface area (Å²) in [5.41, 5.74) is 4.13. The van der Waals surface area contributed by atoms with Crippen LogP contribution in [0.15, 0.2) is 54.7 Å². The molecule has 0 saturated carbocycles. The standard InChI is InChI=1S/C25H29N3O3/c1-18-20(16-28(27-18)21-11-5-4-6-12-21)10-8-14-26-23(29)17-30-22-13-7-9-19-15-25(2,3)31-24(19)22/h4-7,9,11-13,16H,8,10,14-15,17H2,1-3H3,(H,26,29). The van der Waals surface area contributed by atoms with Crippen LogP contribution in [0.25, 0.3) is 5.69 Å². The number of hydrogen-bond acceptors (Lipinski definition) is 4. The van der Waals surface area contributed by atoms with Gasteiger partial charge in [0.2, 0.25) is 0 Å². The maximum Gasteiger partial charge on any atom is 0.257 e. The number of nitrogens with zero attached hydrogens (tertiary/aromatic N) is 2. The molecule has 1 aliphatic heterocycles. The number of rotatable bonds is 8. The largest absolute Gasteiger partial charge is 0.483 e. The molecule has 4 rings (SSSR count). The topological polar surface area (TPSA) is 65.4 Å². The summed E-state index contributed by atoms with van der Waals surface area (Å²) < 4.78 is 13.6. The zero-order valence-electron chi connectivity index (χ0n) is 18.4. The molecule has 2 heterocycles. The highest BCUT2D eigenvalue weighted by Gasteiger charge is 2.32. The van der Waals surface area contributed by atoms with Crippen molar-refractivity contribution in [3.8, 4) is 17.2 Å². The Morgan fingerprint density at radius 2 is 2.00 bits per heavy atom. The van der Waals surface area contributed by atoms with Gasteiger partial charge in [0.25, 0.3) is 5.91 Å². The predicted octanol–water partition coefficient (Wildman–Crippen LogP) is 4.02. The van der Waals surface area contributed by atoms with E-state index in [1.54, 1.807) is 0 Å². The summed E-state index contributed by atoms with van der Waals surface area (Å²) in [6, 6.07) is 15.9. The zero-order valence-corrected chi connectivity index (χ0v) is 18.4. The second kappa shape index (κ2) is 8.84. The van der Waals surface area contributed by atoms with E-state index in [-0.39, 0.29) is 18.1 Å². The first-order valence-corrected chi connectivity index (χ1v) is 10.7. The number of ether oxygens (including phenoxy) is 2. The van der Waals surface area contributed by atoms with E-state index < -0.39 is 0 Å². The predicted molar refractivity (Wildman–Crippen MR) is 120 cm³/mol. The summed E-state index contributed by atoms with van der Waals surface area (Å²) in [6.45, 7) is 6.69. The van der Waals surface area contributed by atoms with E-state index in [0.717, 1.165) is 42.0 Å². The first-order valence-electron chi connectivity index (χ1n) is 10.7. The highest BCUT2D eigenvalue weighted by atomic mass is 16.5. The van der Waals surface area contributed by atoms with E-state index >= 15 is 0 Å². The number of nitrogens with one attached hydrogen (secondary N) is 1. The number of amides is 1. The Morgan fingerprint density at radius 3 is 2.81 bits per heavy atom. The van der Waals surface area contributed by atoms with Gasteiger partial charge in [-0.05, 0) is 57.4 Å². The minimum absolute atomic E-state index is 0.0226. The van der Waals surface area contributed by atoms with E-state index in [2.05, 4.69) is 30.5 Å². The number of carbonyl (C=O) groups is 1. The molecule has 6 nitrogen and oxygen atoms in total. The number of para-hydroxylation sites is 2. The lowest BCUT2D eigenvalue weighted by Gasteiger charge is -2.18. The Hall–Kier alpha value is -3.28. The molecule has 1 aliphatic rings. The van der Waals surface area contributed by atoms with Crippen molar-refractivity contribution in [1.82, 2.24) is 15.1 Å². The van der Waals surface area contributed by atoms with Gasteiger partial charge in [-0.15, -0.1) is 0 Å². The first-order chi connectivity index (χ1) is 14.9. The van der Waals surface area contributed by atoms with Crippen LogP contribution in [0.1, 0.15) is 37.1 Å². The summed E-state index contributed by atoms with van der Waals surface area (Å²) in [5.74, 6) is 1.25. The first kappa shape index (κ1) is 21.0. The highest BCUT2D eigenvalue weighted by Crippen LogP contribution is 2.41. The van der Waals surface area contributed by atoms with Crippen molar-refractivity contribution in [1.29, 1.82) is 0 Å². The number of hydrogen-bond donors (Lipinski definition) is 1. The molecule has 0 unspecified atom stereocenters. The van der Waals surface area contributed by atoms with E-state index in [1.807, 2.05) is 60.1 Å². The summed E-state index contributed by atoms with van der Waals surface area (Å²) in [4.78, 5) is 12.2. The lowest BCUT2D eigenvalue weighted by molar-refractivity contribution is -0.123. The molecule has 162 valence electrons. The molecule has 0 bridgehead atoms. The van der Waals surface area contributed by atoms with E-state index in [0.29, 0.717) is 12.3 Å². The Bertz CT molecular complexity index is 1060. The third-order valence-corrected chi connectivity index (χ3v) is 5.38. The molecule has 0 saturated heterocycles. The highest BCUT2D eigenvalue weighted by molar-refractivity contribution is 5.77. The minimum Gasteiger partial charge on any atom is -0.483 e. The molecule has 31 heavy (non-hydrogen) atoms. The van der Waals surface area contributed by atoms with Crippen molar-refractivity contribution < 1.29 is 14.3 Å². The van der Waals surface area contributed by atoms with Crippen LogP contribution >= 0.6 is 0 Å². The van der Waals surface area contributed by atoms with Gasteiger partial charge in [0.05, 0.1) is 11.4 Å². The summed E-state index contributed by atoms with van der Waals surface area (Å²) in [7, 11) is 0. The van der Waals surface area contributed by atoms with E-state index in [4.69, 9.17) is 9.47 Å². The van der Waals surface area contributed by atoms with Crippen LogP contribution in [0.4, 0.5) is 0 Å². The maximum absolute atomic E-state index is 12.2. The average Bonchev–Trinajstić information content (AvgIpc) is 3.28. The molecule has 0 aliphatic carbocycles. The number of benzene rings is 2. The molecule has 0 radical (unpaired) electrons. The van der Waals surface area contributed by atoms with Crippen LogP contribution in [-0.4, -0.2) is 34.4 Å². The molecule has 0 atom stereocenters. The number of aryl methyl sites for hydroxylation is 2. The lowest BCUT2D eigenvalue weighted by Crippen LogP contribution is -2.30. The van der Waals surface area contributed by atoms with Crippen molar-refractivity contribution in [2.75, 3.05) is 13.2 Å². The number of fused-ring (bicyclic) bond motifs is 1. The normalized spacial score (nSPS) is 14.0. The fraction of sp³-hybridized carbons (Fsp3) is 0.360. The van der Waals surface area contributed by atoms with E-state index in [9.17, 15) is 4.79 Å². The molecule has 0 spiro atoms. The van der Waals surface area contributed by atoms with Gasteiger partial charge in [-0.3, -0.25) is 4.79 Å². The molecule has 3 aromatic rings. The number of carbonyl (C=O) groups excluding carboxylic acids is 1. The Balaban J connectivity index is 1.23. The Labute approximate surface area is 183 Å². The number of aromatic nitrogens is 2. The van der Waals surface area contributed by atoms with Crippen molar-refractivity contribution in [3.05, 3.63) is 71.5 Å². The fourth-order valence-corrected chi connectivity index (χ4v) is 3.86. The SMILES string of the molecule is Cc1nn(-c2ccccc2)cc1CCCNC(=O)COc1cccc2c1OC(C)(C)C2. The van der Waals surface area contributed by atoms with Gasteiger partial charge in [0, 0.05) is 24.7 Å². The molecule has 1 aromatic heterocycles. The second-order valence-electron chi connectivity index (χ2n) is 8.54. The molecule has 6 heteroatoms. The molecular weight excluding hydrogens is 390 g/mol.